The summed E-state index contributed by atoms with van der Waals surface area (Å²) < 4.78 is 0. The fraction of sp³-hybridized carbons (Fsp3) is 0.167. The average Bonchev–Trinajstić information content (AvgIpc) is 2.69. The van der Waals surface area contributed by atoms with Crippen molar-refractivity contribution in [1.82, 2.24) is 5.32 Å². The zero-order chi connectivity index (χ0) is 20.1. The predicted octanol–water partition coefficient (Wildman–Crippen LogP) is 4.46. The summed E-state index contributed by atoms with van der Waals surface area (Å²) >= 11 is 0. The third-order valence-corrected chi connectivity index (χ3v) is 4.66. The van der Waals surface area contributed by atoms with Crippen LogP contribution in [0, 0.1) is 20.8 Å². The normalized spacial score (nSPS) is 10.6. The Balaban J connectivity index is 1.82. The number of aryl methyl sites for hydroxylation is 3. The highest BCUT2D eigenvalue weighted by molar-refractivity contribution is 6.39. The van der Waals surface area contributed by atoms with Gasteiger partial charge < -0.3 is 10.6 Å². The lowest BCUT2D eigenvalue weighted by Crippen LogP contribution is -2.38. The highest BCUT2D eigenvalue weighted by Crippen LogP contribution is 2.23. The van der Waals surface area contributed by atoms with Crippen molar-refractivity contribution in [2.75, 3.05) is 5.32 Å². The Kier molecular flexibility index (Phi) is 5.90. The second kappa shape index (κ2) is 8.53. The molecule has 0 saturated heterocycles. The molecular weight excluding hydrogens is 348 g/mol. The summed E-state index contributed by atoms with van der Waals surface area (Å²) in [6.45, 7) is 5.84. The van der Waals surface area contributed by atoms with Gasteiger partial charge in [-0.2, -0.15) is 0 Å². The number of hydrogen-bond acceptors (Lipinski definition) is 2. The van der Waals surface area contributed by atoms with Gasteiger partial charge in [0.2, 0.25) is 0 Å². The Morgan fingerprint density at radius 1 is 0.714 bits per heavy atom. The van der Waals surface area contributed by atoms with Crippen molar-refractivity contribution in [3.63, 3.8) is 0 Å². The first-order chi connectivity index (χ1) is 13.5. The quantitative estimate of drug-likeness (QED) is 0.665. The Labute approximate surface area is 165 Å². The second-order valence-corrected chi connectivity index (χ2v) is 6.96. The van der Waals surface area contributed by atoms with Crippen molar-refractivity contribution in [3.05, 3.63) is 101 Å². The average molecular weight is 372 g/mol. The Morgan fingerprint density at radius 3 is 1.64 bits per heavy atom. The van der Waals surface area contributed by atoms with Crippen molar-refractivity contribution in [3.8, 4) is 0 Å². The summed E-state index contributed by atoms with van der Waals surface area (Å²) in [5.74, 6) is -1.34. The number of amides is 2. The lowest BCUT2D eigenvalue weighted by molar-refractivity contribution is -0.136. The van der Waals surface area contributed by atoms with Crippen molar-refractivity contribution in [1.29, 1.82) is 0 Å². The van der Waals surface area contributed by atoms with Gasteiger partial charge in [-0.25, -0.2) is 0 Å². The lowest BCUT2D eigenvalue weighted by atomic mass is 9.98. The largest absolute Gasteiger partial charge is 0.337 e. The van der Waals surface area contributed by atoms with Crippen molar-refractivity contribution < 1.29 is 9.59 Å². The van der Waals surface area contributed by atoms with Gasteiger partial charge in [-0.15, -0.1) is 0 Å². The molecule has 3 rings (SSSR count). The number of carbonyl (C=O) groups excluding carboxylic acids is 2. The number of carbonyl (C=O) groups is 2. The maximum atomic E-state index is 12.7. The number of benzene rings is 3. The molecule has 0 heterocycles. The Hall–Kier alpha value is -3.40. The van der Waals surface area contributed by atoms with Crippen LogP contribution in [0.25, 0.3) is 0 Å². The molecule has 0 radical (unpaired) electrons. The molecule has 0 aliphatic heterocycles. The number of anilines is 1. The monoisotopic (exact) mass is 372 g/mol. The third kappa shape index (κ3) is 4.46. The van der Waals surface area contributed by atoms with Gasteiger partial charge in [0.05, 0.1) is 6.04 Å². The molecule has 3 aromatic rings. The SMILES string of the molecule is Cc1cc(C)c(NC(=O)C(=O)NC(c2ccccc2)c2ccccc2)c(C)c1. The summed E-state index contributed by atoms with van der Waals surface area (Å²) in [5.41, 5.74) is 5.49. The number of rotatable bonds is 4. The molecule has 4 heteroatoms. The molecule has 2 amide bonds. The van der Waals surface area contributed by atoms with E-state index in [0.29, 0.717) is 5.69 Å². The minimum Gasteiger partial charge on any atom is -0.337 e. The maximum Gasteiger partial charge on any atom is 0.313 e. The van der Waals surface area contributed by atoms with Crippen LogP contribution in [0.5, 0.6) is 0 Å². The molecular formula is C24H24N2O2. The minimum atomic E-state index is -0.674. The van der Waals surface area contributed by atoms with E-state index >= 15 is 0 Å². The first kappa shape index (κ1) is 19.4. The molecule has 0 bridgehead atoms. The maximum absolute atomic E-state index is 12.7. The molecule has 0 aliphatic rings. The van der Waals surface area contributed by atoms with Crippen LogP contribution in [0.15, 0.2) is 72.8 Å². The van der Waals surface area contributed by atoms with Crippen LogP contribution in [-0.4, -0.2) is 11.8 Å². The van der Waals surface area contributed by atoms with Crippen LogP contribution in [0.2, 0.25) is 0 Å². The highest BCUT2D eigenvalue weighted by atomic mass is 16.2. The van der Waals surface area contributed by atoms with Crippen LogP contribution in [0.4, 0.5) is 5.69 Å². The smallest absolute Gasteiger partial charge is 0.313 e. The van der Waals surface area contributed by atoms with E-state index in [0.717, 1.165) is 27.8 Å². The van der Waals surface area contributed by atoms with E-state index in [1.807, 2.05) is 93.6 Å². The first-order valence-corrected chi connectivity index (χ1v) is 9.25. The summed E-state index contributed by atoms with van der Waals surface area (Å²) in [6.07, 6.45) is 0. The van der Waals surface area contributed by atoms with E-state index < -0.39 is 17.9 Å². The third-order valence-electron chi connectivity index (χ3n) is 4.66. The summed E-state index contributed by atoms with van der Waals surface area (Å²) in [4.78, 5) is 25.2. The number of nitrogens with one attached hydrogen (secondary N) is 2. The predicted molar refractivity (Wildman–Crippen MR) is 112 cm³/mol. The Morgan fingerprint density at radius 2 is 1.18 bits per heavy atom. The summed E-state index contributed by atoms with van der Waals surface area (Å²) in [5, 5.41) is 5.63. The van der Waals surface area contributed by atoms with E-state index in [4.69, 9.17) is 0 Å². The minimum absolute atomic E-state index is 0.402. The van der Waals surface area contributed by atoms with E-state index in [9.17, 15) is 9.59 Å². The molecule has 3 aromatic carbocycles. The molecule has 28 heavy (non-hydrogen) atoms. The van der Waals surface area contributed by atoms with Crippen LogP contribution < -0.4 is 10.6 Å². The fourth-order valence-electron chi connectivity index (χ4n) is 3.39. The zero-order valence-corrected chi connectivity index (χ0v) is 16.3. The summed E-state index contributed by atoms with van der Waals surface area (Å²) in [6, 6.07) is 22.8. The van der Waals surface area contributed by atoms with Crippen LogP contribution in [0.1, 0.15) is 33.9 Å². The standard InChI is InChI=1S/C24H24N2O2/c1-16-14-17(2)21(18(3)15-16)25-23(27)24(28)26-22(19-10-6-4-7-11-19)20-12-8-5-9-13-20/h4-15,22H,1-3H3,(H,25,27)(H,26,28). The van der Waals surface area contributed by atoms with Crippen molar-refractivity contribution in [2.24, 2.45) is 0 Å². The molecule has 0 spiro atoms. The van der Waals surface area contributed by atoms with Crippen LogP contribution in [0.3, 0.4) is 0 Å². The van der Waals surface area contributed by atoms with Crippen LogP contribution >= 0.6 is 0 Å². The molecule has 4 nitrogen and oxygen atoms in total. The van der Waals surface area contributed by atoms with Gasteiger partial charge in [-0.3, -0.25) is 9.59 Å². The van der Waals surface area contributed by atoms with Gasteiger partial charge in [0.1, 0.15) is 0 Å². The molecule has 0 atom stereocenters. The molecule has 0 aromatic heterocycles. The zero-order valence-electron chi connectivity index (χ0n) is 16.3. The van der Waals surface area contributed by atoms with E-state index in [1.54, 1.807) is 0 Å². The molecule has 0 fully saturated rings. The number of hydrogen-bond donors (Lipinski definition) is 2. The molecule has 0 aliphatic carbocycles. The highest BCUT2D eigenvalue weighted by Gasteiger charge is 2.22. The first-order valence-electron chi connectivity index (χ1n) is 9.25. The Bertz CT molecular complexity index is 919. The van der Waals surface area contributed by atoms with Gasteiger partial charge in [0.15, 0.2) is 0 Å². The lowest BCUT2D eigenvalue weighted by Gasteiger charge is -2.20. The van der Waals surface area contributed by atoms with Gasteiger partial charge >= 0.3 is 11.8 Å². The van der Waals surface area contributed by atoms with Gasteiger partial charge in [-0.05, 0) is 43.0 Å². The topological polar surface area (TPSA) is 58.2 Å². The van der Waals surface area contributed by atoms with E-state index in [2.05, 4.69) is 10.6 Å². The molecule has 142 valence electrons. The van der Waals surface area contributed by atoms with E-state index in [1.165, 1.54) is 0 Å². The van der Waals surface area contributed by atoms with Crippen molar-refractivity contribution >= 4 is 17.5 Å². The molecule has 2 N–H and O–H groups in total. The molecule has 0 saturated carbocycles. The summed E-state index contributed by atoms with van der Waals surface area (Å²) in [7, 11) is 0. The van der Waals surface area contributed by atoms with Gasteiger partial charge in [-0.1, -0.05) is 78.4 Å². The van der Waals surface area contributed by atoms with Gasteiger partial charge in [0, 0.05) is 5.69 Å². The second-order valence-electron chi connectivity index (χ2n) is 6.96. The van der Waals surface area contributed by atoms with Crippen LogP contribution in [-0.2, 0) is 9.59 Å². The fourth-order valence-corrected chi connectivity index (χ4v) is 3.39. The van der Waals surface area contributed by atoms with Gasteiger partial charge in [0.25, 0.3) is 0 Å². The van der Waals surface area contributed by atoms with E-state index in [-0.39, 0.29) is 0 Å². The molecule has 0 unspecified atom stereocenters. The van der Waals surface area contributed by atoms with Crippen molar-refractivity contribution in [2.45, 2.75) is 26.8 Å².